The number of ether oxygens (including phenoxy) is 2. The summed E-state index contributed by atoms with van der Waals surface area (Å²) < 4.78 is 26.0. The number of thiazole rings is 1. The second-order valence-electron chi connectivity index (χ2n) is 7.31. The number of rotatable bonds is 4. The number of aliphatic hydroxyl groups is 1. The number of hydrogen-bond acceptors (Lipinski definition) is 7. The lowest BCUT2D eigenvalue weighted by Gasteiger charge is -2.34. The number of anilines is 2. The number of alkyl halides is 1. The highest BCUT2D eigenvalue weighted by molar-refractivity contribution is 7.23. The van der Waals surface area contributed by atoms with E-state index in [9.17, 15) is 9.18 Å². The number of piperidine rings is 1. The number of nitrogens with zero attached hydrogens (tertiary/aromatic N) is 3. The average Bonchev–Trinajstić information content (AvgIpc) is 3.17. The van der Waals surface area contributed by atoms with Gasteiger partial charge in [-0.15, -0.1) is 0 Å². The standard InChI is InChI=1S/C19H25FN4O4S/c1-27-14-3-2-13(23-8-10-28-11-9-23)16-15(14)21-17(29-16)22-18(26)24-6-4-19(20,12-25)5-7-24/h2-3,25H,4-12H2,1H3,(H,21,22,26). The minimum absolute atomic E-state index is 0.131. The summed E-state index contributed by atoms with van der Waals surface area (Å²) in [4.78, 5) is 21.0. The summed E-state index contributed by atoms with van der Waals surface area (Å²) >= 11 is 1.40. The Morgan fingerprint density at radius 1 is 1.34 bits per heavy atom. The Hall–Kier alpha value is -2.17. The van der Waals surface area contributed by atoms with Crippen LogP contribution in [0.5, 0.6) is 5.75 Å². The molecule has 0 spiro atoms. The molecule has 1 aromatic heterocycles. The number of morpholine rings is 1. The van der Waals surface area contributed by atoms with Crippen molar-refractivity contribution in [2.75, 3.05) is 63.3 Å². The third-order valence-corrected chi connectivity index (χ3v) is 6.49. The number of benzene rings is 1. The molecule has 4 rings (SSSR count). The predicted molar refractivity (Wildman–Crippen MR) is 110 cm³/mol. The number of nitrogens with one attached hydrogen (secondary N) is 1. The molecular weight excluding hydrogens is 399 g/mol. The van der Waals surface area contributed by atoms with Crippen molar-refractivity contribution in [2.24, 2.45) is 0 Å². The van der Waals surface area contributed by atoms with Crippen molar-refractivity contribution in [3.05, 3.63) is 12.1 Å². The van der Waals surface area contributed by atoms with Gasteiger partial charge in [0.15, 0.2) is 5.13 Å². The minimum Gasteiger partial charge on any atom is -0.494 e. The van der Waals surface area contributed by atoms with E-state index in [0.29, 0.717) is 29.6 Å². The monoisotopic (exact) mass is 424 g/mol. The Bertz CT molecular complexity index is 878. The molecule has 2 aromatic rings. The van der Waals surface area contributed by atoms with Gasteiger partial charge < -0.3 is 24.4 Å². The maximum absolute atomic E-state index is 14.2. The summed E-state index contributed by atoms with van der Waals surface area (Å²) in [6.45, 7) is 2.95. The van der Waals surface area contributed by atoms with Gasteiger partial charge in [0, 0.05) is 39.0 Å². The van der Waals surface area contributed by atoms with Gasteiger partial charge in [-0.25, -0.2) is 14.2 Å². The molecule has 2 aliphatic heterocycles. The molecule has 2 fully saturated rings. The van der Waals surface area contributed by atoms with Gasteiger partial charge in [0.2, 0.25) is 0 Å². The van der Waals surface area contributed by atoms with Crippen LogP contribution in [0.2, 0.25) is 0 Å². The van der Waals surface area contributed by atoms with E-state index in [-0.39, 0.29) is 32.0 Å². The fraction of sp³-hybridized carbons (Fsp3) is 0.579. The van der Waals surface area contributed by atoms with E-state index in [1.165, 1.54) is 11.3 Å². The first-order valence-electron chi connectivity index (χ1n) is 9.69. The first-order valence-corrected chi connectivity index (χ1v) is 10.5. The highest BCUT2D eigenvalue weighted by Gasteiger charge is 2.35. The predicted octanol–water partition coefficient (Wildman–Crippen LogP) is 2.47. The first kappa shape index (κ1) is 20.1. The van der Waals surface area contributed by atoms with Crippen LogP contribution < -0.4 is 15.0 Å². The number of likely N-dealkylation sites (tertiary alicyclic amines) is 1. The molecule has 0 aliphatic carbocycles. The summed E-state index contributed by atoms with van der Waals surface area (Å²) in [5.41, 5.74) is 0.163. The first-order chi connectivity index (χ1) is 14.0. The van der Waals surface area contributed by atoms with Gasteiger partial charge >= 0.3 is 6.03 Å². The van der Waals surface area contributed by atoms with Crippen molar-refractivity contribution >= 4 is 38.4 Å². The van der Waals surface area contributed by atoms with Gasteiger partial charge in [0.1, 0.15) is 16.9 Å². The number of hydrogen-bond donors (Lipinski definition) is 2. The number of halogens is 1. The quantitative estimate of drug-likeness (QED) is 0.784. The Labute approximate surface area is 172 Å². The van der Waals surface area contributed by atoms with Gasteiger partial charge in [-0.05, 0) is 12.1 Å². The van der Waals surface area contributed by atoms with Gasteiger partial charge in [0.25, 0.3) is 0 Å². The SMILES string of the molecule is COc1ccc(N2CCOCC2)c2sc(NC(=O)N3CCC(F)(CO)CC3)nc12. The number of aromatic nitrogens is 1. The smallest absolute Gasteiger partial charge is 0.323 e. The fourth-order valence-corrected chi connectivity index (χ4v) is 4.69. The summed E-state index contributed by atoms with van der Waals surface area (Å²) in [5, 5.41) is 12.5. The van der Waals surface area contributed by atoms with Crippen LogP contribution >= 0.6 is 11.3 Å². The maximum Gasteiger partial charge on any atom is 0.323 e. The van der Waals surface area contributed by atoms with Crippen LogP contribution in [0.3, 0.4) is 0 Å². The van der Waals surface area contributed by atoms with Crippen molar-refractivity contribution in [2.45, 2.75) is 18.5 Å². The average molecular weight is 424 g/mol. The third-order valence-electron chi connectivity index (χ3n) is 5.50. The zero-order valence-electron chi connectivity index (χ0n) is 16.3. The molecule has 2 aliphatic rings. The lowest BCUT2D eigenvalue weighted by molar-refractivity contribution is 0.0195. The van der Waals surface area contributed by atoms with Crippen LogP contribution in [0.15, 0.2) is 12.1 Å². The van der Waals surface area contributed by atoms with E-state index in [1.807, 2.05) is 12.1 Å². The third kappa shape index (κ3) is 4.10. The van der Waals surface area contributed by atoms with Crippen LogP contribution in [-0.2, 0) is 4.74 Å². The molecule has 0 radical (unpaired) electrons. The van der Waals surface area contributed by atoms with Gasteiger partial charge in [0.05, 0.1) is 37.3 Å². The van der Waals surface area contributed by atoms with Gasteiger partial charge in [-0.2, -0.15) is 0 Å². The molecule has 158 valence electrons. The second-order valence-corrected chi connectivity index (χ2v) is 8.31. The van der Waals surface area contributed by atoms with Crippen molar-refractivity contribution in [1.82, 2.24) is 9.88 Å². The lowest BCUT2D eigenvalue weighted by atomic mass is 9.94. The largest absolute Gasteiger partial charge is 0.494 e. The van der Waals surface area contributed by atoms with Crippen LogP contribution in [0.1, 0.15) is 12.8 Å². The van der Waals surface area contributed by atoms with Crippen molar-refractivity contribution < 1.29 is 23.8 Å². The number of methoxy groups -OCH3 is 1. The summed E-state index contributed by atoms with van der Waals surface area (Å²) in [6.07, 6.45) is 0.261. The second kappa shape index (κ2) is 8.29. The highest BCUT2D eigenvalue weighted by Crippen LogP contribution is 2.39. The normalized spacial score (nSPS) is 19.4. The molecule has 2 saturated heterocycles. The molecule has 2 amide bonds. The topological polar surface area (TPSA) is 87.2 Å². The van der Waals surface area contributed by atoms with Gasteiger partial charge in [-0.1, -0.05) is 11.3 Å². The number of carbonyl (C=O) groups excluding carboxylic acids is 1. The molecule has 29 heavy (non-hydrogen) atoms. The number of aliphatic hydroxyl groups excluding tert-OH is 1. The van der Waals surface area contributed by atoms with E-state index in [1.54, 1.807) is 12.0 Å². The molecule has 0 atom stereocenters. The Balaban J connectivity index is 1.54. The van der Waals surface area contributed by atoms with Crippen molar-refractivity contribution in [3.63, 3.8) is 0 Å². The van der Waals surface area contributed by atoms with E-state index < -0.39 is 12.3 Å². The molecular formula is C19H25FN4O4S. The van der Waals surface area contributed by atoms with E-state index >= 15 is 0 Å². The summed E-state index contributed by atoms with van der Waals surface area (Å²) in [7, 11) is 1.60. The molecule has 0 unspecified atom stereocenters. The fourth-order valence-electron chi connectivity index (χ4n) is 3.68. The highest BCUT2D eigenvalue weighted by atomic mass is 32.1. The number of carbonyl (C=O) groups is 1. The number of urea groups is 1. The molecule has 0 saturated carbocycles. The lowest BCUT2D eigenvalue weighted by Crippen LogP contribution is -2.47. The Morgan fingerprint density at radius 3 is 2.72 bits per heavy atom. The molecule has 1 aromatic carbocycles. The Morgan fingerprint density at radius 2 is 2.07 bits per heavy atom. The number of fused-ring (bicyclic) bond motifs is 1. The van der Waals surface area contributed by atoms with E-state index in [2.05, 4.69) is 15.2 Å². The molecule has 3 heterocycles. The molecule has 0 bridgehead atoms. The Kier molecular flexibility index (Phi) is 5.75. The van der Waals surface area contributed by atoms with Crippen LogP contribution in [0, 0.1) is 0 Å². The zero-order chi connectivity index (χ0) is 20.4. The van der Waals surface area contributed by atoms with Crippen molar-refractivity contribution in [3.8, 4) is 5.75 Å². The van der Waals surface area contributed by atoms with Crippen molar-refractivity contribution in [1.29, 1.82) is 0 Å². The maximum atomic E-state index is 14.2. The molecule has 2 N–H and O–H groups in total. The van der Waals surface area contributed by atoms with Crippen LogP contribution in [-0.4, -0.2) is 79.8 Å². The summed E-state index contributed by atoms with van der Waals surface area (Å²) in [6, 6.07) is 3.59. The summed E-state index contributed by atoms with van der Waals surface area (Å²) in [5.74, 6) is 0.650. The van der Waals surface area contributed by atoms with Gasteiger partial charge in [-0.3, -0.25) is 5.32 Å². The van der Waals surface area contributed by atoms with Crippen LogP contribution in [0.4, 0.5) is 20.0 Å². The zero-order valence-corrected chi connectivity index (χ0v) is 17.1. The van der Waals surface area contributed by atoms with Crippen LogP contribution in [0.25, 0.3) is 10.2 Å². The number of amides is 2. The molecule has 8 nitrogen and oxygen atoms in total. The van der Waals surface area contributed by atoms with E-state index in [0.717, 1.165) is 23.5 Å². The van der Waals surface area contributed by atoms with E-state index in [4.69, 9.17) is 14.6 Å². The minimum atomic E-state index is -1.59. The molecule has 10 heteroatoms.